The van der Waals surface area contributed by atoms with Gasteiger partial charge in [-0.1, -0.05) is 16.8 Å². The van der Waals surface area contributed by atoms with Crippen molar-refractivity contribution in [3.8, 4) is 0 Å². The molecular weight excluding hydrogens is 458 g/mol. The molecule has 0 aromatic heterocycles. The molecule has 1 saturated heterocycles. The lowest BCUT2D eigenvalue weighted by molar-refractivity contribution is -0.137. The highest BCUT2D eigenvalue weighted by atomic mass is 35.5. The fraction of sp³-hybridized carbons (Fsp3) is 0.211. The van der Waals surface area contributed by atoms with Gasteiger partial charge in [0.15, 0.2) is 12.1 Å². The number of hydrogen-bond acceptors (Lipinski definition) is 6. The number of anilines is 2. The molecule has 0 radical (unpaired) electrons. The summed E-state index contributed by atoms with van der Waals surface area (Å²) < 4.78 is 51.9. The van der Waals surface area contributed by atoms with Crippen LogP contribution in [0.1, 0.15) is 5.56 Å². The number of benzene rings is 2. The number of imide groups is 1. The summed E-state index contributed by atoms with van der Waals surface area (Å²) in [7, 11) is 0. The normalized spacial score (nSPS) is 20.2. The monoisotopic (exact) mass is 469 g/mol. The lowest BCUT2D eigenvalue weighted by Crippen LogP contribution is -2.43. The zero-order chi connectivity index (χ0) is 23.2. The van der Waals surface area contributed by atoms with E-state index in [-0.39, 0.29) is 16.4 Å². The van der Waals surface area contributed by atoms with Crippen LogP contribution in [-0.4, -0.2) is 41.4 Å². The summed E-state index contributed by atoms with van der Waals surface area (Å²) in [5.74, 6) is -2.80. The predicted octanol–water partition coefficient (Wildman–Crippen LogP) is 3.43. The first kappa shape index (κ1) is 21.7. The average molecular weight is 470 g/mol. The van der Waals surface area contributed by atoms with Crippen LogP contribution in [0.2, 0.25) is 5.02 Å². The molecule has 4 rings (SSSR count). The van der Waals surface area contributed by atoms with Crippen molar-refractivity contribution >= 4 is 40.7 Å². The highest BCUT2D eigenvalue weighted by Crippen LogP contribution is 2.34. The molecule has 8 nitrogen and oxygen atoms in total. The van der Waals surface area contributed by atoms with Crippen LogP contribution in [0, 0.1) is 5.82 Å². The van der Waals surface area contributed by atoms with Crippen LogP contribution in [0.15, 0.2) is 52.8 Å². The second-order valence-corrected chi connectivity index (χ2v) is 7.33. The third-order valence-corrected chi connectivity index (χ3v) is 5.15. The molecule has 2 aromatic carbocycles. The number of carbonyl (C=O) groups is 3. The average Bonchev–Trinajstić information content (AvgIpc) is 3.23. The Bertz CT molecular complexity index is 1140. The first-order chi connectivity index (χ1) is 15.1. The van der Waals surface area contributed by atoms with Gasteiger partial charge in [0.1, 0.15) is 12.4 Å². The van der Waals surface area contributed by atoms with Crippen molar-refractivity contribution < 1.29 is 31.9 Å². The maximum absolute atomic E-state index is 13.2. The smallest absolute Gasteiger partial charge is 0.323 e. The largest absolute Gasteiger partial charge is 0.416 e. The van der Waals surface area contributed by atoms with Gasteiger partial charge >= 0.3 is 6.18 Å². The van der Waals surface area contributed by atoms with Crippen LogP contribution < -0.4 is 10.2 Å². The molecule has 32 heavy (non-hydrogen) atoms. The predicted molar refractivity (Wildman–Crippen MR) is 103 cm³/mol. The Kier molecular flexibility index (Phi) is 5.33. The number of amides is 3. The summed E-state index contributed by atoms with van der Waals surface area (Å²) in [6.45, 7) is -0.576. The quantitative estimate of drug-likeness (QED) is 0.548. The van der Waals surface area contributed by atoms with Gasteiger partial charge in [-0.3, -0.25) is 19.4 Å². The fourth-order valence-corrected chi connectivity index (χ4v) is 3.50. The zero-order valence-electron chi connectivity index (χ0n) is 15.8. The Balaban J connectivity index is 1.49. The second kappa shape index (κ2) is 7.86. The van der Waals surface area contributed by atoms with Gasteiger partial charge in [-0.2, -0.15) is 18.3 Å². The van der Waals surface area contributed by atoms with E-state index in [4.69, 9.17) is 11.6 Å². The number of nitrogens with one attached hydrogen (secondary N) is 1. The molecule has 2 aliphatic heterocycles. The summed E-state index contributed by atoms with van der Waals surface area (Å²) >= 11 is 5.87. The van der Waals surface area contributed by atoms with Gasteiger partial charge in [-0.05, 0) is 42.5 Å². The van der Waals surface area contributed by atoms with E-state index in [1.165, 1.54) is 12.1 Å². The van der Waals surface area contributed by atoms with Crippen molar-refractivity contribution in [2.75, 3.05) is 16.8 Å². The van der Waals surface area contributed by atoms with Crippen LogP contribution in [0.25, 0.3) is 0 Å². The van der Waals surface area contributed by atoms with Gasteiger partial charge in [0.05, 0.1) is 22.0 Å². The third-order valence-electron chi connectivity index (χ3n) is 4.82. The fourth-order valence-electron chi connectivity index (χ4n) is 3.33. The van der Waals surface area contributed by atoms with Crippen molar-refractivity contribution in [2.24, 2.45) is 10.3 Å². The number of hydrogen-bond donors (Lipinski definition) is 1. The molecule has 0 spiro atoms. The summed E-state index contributed by atoms with van der Waals surface area (Å²) in [6, 6.07) is 4.68. The van der Waals surface area contributed by atoms with Crippen molar-refractivity contribution in [2.45, 2.75) is 18.3 Å². The molecule has 2 aliphatic rings. The lowest BCUT2D eigenvalue weighted by Gasteiger charge is -2.20. The van der Waals surface area contributed by atoms with Gasteiger partial charge in [0.25, 0.3) is 11.8 Å². The molecule has 0 unspecified atom stereocenters. The van der Waals surface area contributed by atoms with Gasteiger partial charge in [-0.25, -0.2) is 9.29 Å². The van der Waals surface area contributed by atoms with E-state index < -0.39 is 53.9 Å². The lowest BCUT2D eigenvalue weighted by atomic mass is 10.1. The third kappa shape index (κ3) is 3.88. The Hall–Kier alpha value is -3.54. The maximum atomic E-state index is 13.2. The van der Waals surface area contributed by atoms with E-state index in [1.54, 1.807) is 0 Å². The number of alkyl halides is 3. The first-order valence-corrected chi connectivity index (χ1v) is 9.41. The minimum Gasteiger partial charge on any atom is -0.323 e. The molecule has 3 amide bonds. The Morgan fingerprint density at radius 1 is 1.09 bits per heavy atom. The highest BCUT2D eigenvalue weighted by Gasteiger charge is 2.55. The van der Waals surface area contributed by atoms with Crippen LogP contribution in [0.3, 0.4) is 0 Å². The van der Waals surface area contributed by atoms with Gasteiger partial charge in [0, 0.05) is 0 Å². The van der Waals surface area contributed by atoms with E-state index in [2.05, 4.69) is 15.7 Å². The minimum atomic E-state index is -4.64. The van der Waals surface area contributed by atoms with Crippen molar-refractivity contribution in [3.05, 3.63) is 58.9 Å². The molecule has 0 saturated carbocycles. The molecule has 2 atom stereocenters. The number of nitrogens with zero attached hydrogens (tertiary/aromatic N) is 4. The second-order valence-electron chi connectivity index (χ2n) is 6.92. The standard InChI is InChI=1S/C19H12ClF4N5O3/c20-12-6-1-9(19(22,23)24)7-13(12)25-14(30)8-28-16-15(26-27-28)17(31)29(18(16)32)11-4-2-10(21)3-5-11/h1-7,15-16H,8H2,(H,25,30)/t15-,16+/m0/s1. The van der Waals surface area contributed by atoms with E-state index in [0.717, 1.165) is 34.2 Å². The van der Waals surface area contributed by atoms with Crippen LogP contribution >= 0.6 is 11.6 Å². The Labute approximate surface area is 182 Å². The molecule has 2 aromatic rings. The van der Waals surface area contributed by atoms with Gasteiger partial charge < -0.3 is 5.32 Å². The summed E-state index contributed by atoms with van der Waals surface area (Å²) in [5.41, 5.74) is -1.16. The van der Waals surface area contributed by atoms with E-state index >= 15 is 0 Å². The van der Waals surface area contributed by atoms with Crippen molar-refractivity contribution in [1.29, 1.82) is 0 Å². The van der Waals surface area contributed by atoms with Crippen LogP contribution in [0.5, 0.6) is 0 Å². The molecule has 2 heterocycles. The molecular formula is C19H12ClF4N5O3. The molecule has 0 bridgehead atoms. The maximum Gasteiger partial charge on any atom is 0.416 e. The van der Waals surface area contributed by atoms with Crippen LogP contribution in [0.4, 0.5) is 28.9 Å². The molecule has 13 heteroatoms. The molecule has 1 N–H and O–H groups in total. The summed E-state index contributed by atoms with van der Waals surface area (Å²) in [6.07, 6.45) is -4.64. The molecule has 0 aliphatic carbocycles. The SMILES string of the molecule is O=C(CN1N=N[C@@H]2C(=O)N(c3ccc(F)cc3)C(=O)[C@@H]21)Nc1cc(C(F)(F)F)ccc1Cl. The number of rotatable bonds is 4. The topological polar surface area (TPSA) is 94.4 Å². The number of halogens is 5. The van der Waals surface area contributed by atoms with Crippen molar-refractivity contribution in [3.63, 3.8) is 0 Å². The summed E-state index contributed by atoms with van der Waals surface area (Å²) in [4.78, 5) is 38.6. The molecule has 1 fully saturated rings. The molecule has 166 valence electrons. The van der Waals surface area contributed by atoms with Gasteiger partial charge in [-0.15, -0.1) is 0 Å². The van der Waals surface area contributed by atoms with Crippen LogP contribution in [-0.2, 0) is 20.6 Å². The van der Waals surface area contributed by atoms with Gasteiger partial charge in [0.2, 0.25) is 5.91 Å². The zero-order valence-corrected chi connectivity index (χ0v) is 16.6. The van der Waals surface area contributed by atoms with Crippen molar-refractivity contribution in [1.82, 2.24) is 5.01 Å². The minimum absolute atomic E-state index is 0.123. The highest BCUT2D eigenvalue weighted by molar-refractivity contribution is 6.33. The Morgan fingerprint density at radius 3 is 2.44 bits per heavy atom. The van der Waals surface area contributed by atoms with E-state index in [1.807, 2.05) is 0 Å². The Morgan fingerprint density at radius 2 is 1.78 bits per heavy atom. The number of carbonyl (C=O) groups excluding carboxylic acids is 3. The number of fused-ring (bicyclic) bond motifs is 1. The first-order valence-electron chi connectivity index (χ1n) is 9.03. The van der Waals surface area contributed by atoms with E-state index in [9.17, 15) is 31.9 Å². The summed E-state index contributed by atoms with van der Waals surface area (Å²) in [5, 5.41) is 10.5. The van der Waals surface area contributed by atoms with E-state index in [0.29, 0.717) is 6.07 Å².